The molecule has 1 unspecified atom stereocenters. The Bertz CT molecular complexity index is 429. The van der Waals surface area contributed by atoms with Crippen LogP contribution in [0.1, 0.15) is 46.5 Å². The highest BCUT2D eigenvalue weighted by atomic mass is 17.3. The molecule has 4 saturated heterocycles. The third-order valence-corrected chi connectivity index (χ3v) is 6.33. The number of fused-ring (bicyclic) bond motifs is 2. The normalized spacial score (nSPS) is 59.4. The average Bonchev–Trinajstić information content (AvgIpc) is 2.69. The van der Waals surface area contributed by atoms with Gasteiger partial charge >= 0.3 is 0 Å². The van der Waals surface area contributed by atoms with E-state index in [4.69, 9.17) is 24.0 Å². The summed E-state index contributed by atoms with van der Waals surface area (Å²) >= 11 is 0. The van der Waals surface area contributed by atoms with Crippen LogP contribution in [0, 0.1) is 23.7 Å². The van der Waals surface area contributed by atoms with E-state index < -0.39 is 17.7 Å². The molecule has 0 N–H and O–H groups in total. The molecule has 0 aromatic carbocycles. The minimum Gasteiger partial charge on any atom is -0.355 e. The van der Waals surface area contributed by atoms with Crippen molar-refractivity contribution >= 4 is 0 Å². The molecule has 5 rings (SSSR count). The van der Waals surface area contributed by atoms with Gasteiger partial charge in [0.25, 0.3) is 0 Å². The lowest BCUT2D eigenvalue weighted by Gasteiger charge is -2.60. The maximum absolute atomic E-state index is 6.21. The van der Waals surface area contributed by atoms with Crippen molar-refractivity contribution in [2.45, 2.75) is 70.4 Å². The van der Waals surface area contributed by atoms with Crippen LogP contribution in [0.15, 0.2) is 0 Å². The first kappa shape index (κ1) is 14.4. The molecule has 1 spiro atoms. The molecule has 5 aliphatic rings. The molecule has 4 aliphatic heterocycles. The van der Waals surface area contributed by atoms with E-state index in [9.17, 15) is 0 Å². The van der Waals surface area contributed by atoms with Crippen molar-refractivity contribution in [2.24, 2.45) is 23.7 Å². The second-order valence-electron chi connectivity index (χ2n) is 7.51. The molecule has 120 valence electrons. The number of hydrogen-bond acceptors (Lipinski definition) is 5. The summed E-state index contributed by atoms with van der Waals surface area (Å²) in [6.07, 6.45) is 3.64. The van der Waals surface area contributed by atoms with Crippen molar-refractivity contribution < 1.29 is 24.0 Å². The Kier molecular flexibility index (Phi) is 3.19. The second-order valence-corrected chi connectivity index (χ2v) is 7.51. The van der Waals surface area contributed by atoms with Crippen LogP contribution in [0.2, 0.25) is 0 Å². The highest BCUT2D eigenvalue weighted by molar-refractivity contribution is 5.08. The van der Waals surface area contributed by atoms with E-state index in [0.717, 1.165) is 19.3 Å². The van der Waals surface area contributed by atoms with Crippen LogP contribution in [0.5, 0.6) is 0 Å². The van der Waals surface area contributed by atoms with E-state index in [2.05, 4.69) is 13.8 Å². The molecular weight excluding hydrogens is 272 g/mol. The van der Waals surface area contributed by atoms with Crippen LogP contribution in [0.25, 0.3) is 0 Å². The zero-order chi connectivity index (χ0) is 14.8. The summed E-state index contributed by atoms with van der Waals surface area (Å²) in [4.78, 5) is 11.8. The summed E-state index contributed by atoms with van der Waals surface area (Å²) in [7, 11) is 1.70. The molecule has 0 aromatic rings. The lowest BCUT2D eigenvalue weighted by molar-refractivity contribution is -0.577. The first-order valence-corrected chi connectivity index (χ1v) is 8.23. The molecule has 0 aromatic heterocycles. The Morgan fingerprint density at radius 1 is 1.05 bits per heavy atom. The zero-order valence-corrected chi connectivity index (χ0v) is 13.3. The zero-order valence-electron chi connectivity index (χ0n) is 13.3. The Balaban J connectivity index is 1.79. The Morgan fingerprint density at radius 2 is 1.86 bits per heavy atom. The fourth-order valence-corrected chi connectivity index (χ4v) is 5.14. The highest BCUT2D eigenvalue weighted by Gasteiger charge is 2.69. The lowest BCUT2D eigenvalue weighted by atomic mass is 9.58. The maximum atomic E-state index is 6.21. The lowest BCUT2D eigenvalue weighted by Crippen LogP contribution is -2.70. The first-order chi connectivity index (χ1) is 10.00. The van der Waals surface area contributed by atoms with Gasteiger partial charge in [-0.3, -0.25) is 0 Å². The van der Waals surface area contributed by atoms with E-state index in [1.54, 1.807) is 7.11 Å². The predicted molar refractivity (Wildman–Crippen MR) is 73.8 cm³/mol. The fourth-order valence-electron chi connectivity index (χ4n) is 5.14. The predicted octanol–water partition coefficient (Wildman–Crippen LogP) is 2.84. The third-order valence-electron chi connectivity index (χ3n) is 6.33. The summed E-state index contributed by atoms with van der Waals surface area (Å²) in [5.41, 5.74) is -0.470. The second kappa shape index (κ2) is 4.65. The minimum absolute atomic E-state index is 0.230. The van der Waals surface area contributed by atoms with Crippen molar-refractivity contribution in [3.8, 4) is 0 Å². The van der Waals surface area contributed by atoms with Crippen molar-refractivity contribution in [2.75, 3.05) is 7.11 Å². The Labute approximate surface area is 126 Å². The maximum Gasteiger partial charge on any atom is 0.201 e. The molecule has 2 bridgehead atoms. The largest absolute Gasteiger partial charge is 0.355 e. The molecule has 5 fully saturated rings. The molecule has 8 atom stereocenters. The van der Waals surface area contributed by atoms with Gasteiger partial charge in [0.1, 0.15) is 0 Å². The number of ether oxygens (including phenoxy) is 3. The summed E-state index contributed by atoms with van der Waals surface area (Å²) < 4.78 is 17.9. The van der Waals surface area contributed by atoms with E-state index in [0.29, 0.717) is 17.8 Å². The molecular formula is C16H26O5. The van der Waals surface area contributed by atoms with E-state index in [1.807, 2.05) is 6.92 Å². The van der Waals surface area contributed by atoms with Gasteiger partial charge in [0.05, 0.1) is 0 Å². The summed E-state index contributed by atoms with van der Waals surface area (Å²) in [6.45, 7) is 6.46. The van der Waals surface area contributed by atoms with Gasteiger partial charge in [0.2, 0.25) is 5.79 Å². The van der Waals surface area contributed by atoms with Crippen molar-refractivity contribution in [1.29, 1.82) is 0 Å². The molecule has 0 radical (unpaired) electrons. The van der Waals surface area contributed by atoms with Gasteiger partial charge in [-0.2, -0.15) is 0 Å². The molecule has 5 nitrogen and oxygen atoms in total. The van der Waals surface area contributed by atoms with Gasteiger partial charge in [0, 0.05) is 25.4 Å². The van der Waals surface area contributed by atoms with Crippen molar-refractivity contribution in [3.05, 3.63) is 0 Å². The van der Waals surface area contributed by atoms with Gasteiger partial charge in [0.15, 0.2) is 18.2 Å². The molecule has 1 saturated carbocycles. The molecule has 5 heteroatoms. The molecule has 4 heterocycles. The molecule has 21 heavy (non-hydrogen) atoms. The van der Waals surface area contributed by atoms with Crippen molar-refractivity contribution in [1.82, 2.24) is 0 Å². The van der Waals surface area contributed by atoms with Crippen LogP contribution in [0.3, 0.4) is 0 Å². The number of rotatable bonds is 1. The van der Waals surface area contributed by atoms with Gasteiger partial charge in [-0.05, 0) is 38.0 Å². The van der Waals surface area contributed by atoms with Crippen LogP contribution >= 0.6 is 0 Å². The van der Waals surface area contributed by atoms with Gasteiger partial charge < -0.3 is 14.2 Å². The molecule has 0 amide bonds. The van der Waals surface area contributed by atoms with Crippen LogP contribution in [-0.2, 0) is 24.0 Å². The first-order valence-electron chi connectivity index (χ1n) is 8.23. The van der Waals surface area contributed by atoms with Crippen LogP contribution in [-0.4, -0.2) is 31.1 Å². The number of hydrogen-bond donors (Lipinski definition) is 0. The standard InChI is InChI=1S/C16H26O5/c1-9-5-6-12-10(2)13(17-4)18-14-16(12)11(9)7-8-15(3,19-14)20-21-16/h9-14H,5-8H2,1-4H3/t9-,10-,11+,12+,13+,14?,15-,16-/m1/s1. The van der Waals surface area contributed by atoms with Crippen molar-refractivity contribution in [3.63, 3.8) is 0 Å². The Morgan fingerprint density at radius 3 is 2.62 bits per heavy atom. The topological polar surface area (TPSA) is 46.2 Å². The average molecular weight is 298 g/mol. The summed E-state index contributed by atoms with van der Waals surface area (Å²) in [5.74, 6) is 0.953. The van der Waals surface area contributed by atoms with E-state index >= 15 is 0 Å². The minimum atomic E-state index is -0.698. The quantitative estimate of drug-likeness (QED) is 0.697. The smallest absolute Gasteiger partial charge is 0.201 e. The summed E-state index contributed by atoms with van der Waals surface area (Å²) in [5, 5.41) is 0. The van der Waals surface area contributed by atoms with Crippen LogP contribution in [0.4, 0.5) is 0 Å². The van der Waals surface area contributed by atoms with Crippen LogP contribution < -0.4 is 0 Å². The summed E-state index contributed by atoms with van der Waals surface area (Å²) in [6, 6.07) is 0. The Hall–Kier alpha value is -0.200. The SMILES string of the molecule is CO[C@H]1OC2O[C@@]3(C)CC[C@H]4[C@H](C)CC[C@@H]([C@H]1C)[C@@]24OO3. The van der Waals surface area contributed by atoms with Gasteiger partial charge in [-0.25, -0.2) is 9.78 Å². The number of methoxy groups -OCH3 is 1. The third kappa shape index (κ3) is 1.81. The van der Waals surface area contributed by atoms with Gasteiger partial charge in [-0.1, -0.05) is 13.8 Å². The van der Waals surface area contributed by atoms with E-state index in [1.165, 1.54) is 6.42 Å². The van der Waals surface area contributed by atoms with Gasteiger partial charge in [-0.15, -0.1) is 0 Å². The fraction of sp³-hybridized carbons (Fsp3) is 1.00. The van der Waals surface area contributed by atoms with E-state index in [-0.39, 0.29) is 12.2 Å². The highest BCUT2D eigenvalue weighted by Crippen LogP contribution is 2.60. The monoisotopic (exact) mass is 298 g/mol. The molecule has 1 aliphatic carbocycles.